The predicted molar refractivity (Wildman–Crippen MR) is 67.1 cm³/mol. The van der Waals surface area contributed by atoms with Crippen LogP contribution in [0, 0.1) is 0 Å². The maximum absolute atomic E-state index is 5.84. The molecule has 0 spiro atoms. The number of nitrogens with two attached hydrogens (primary N) is 1. The molecule has 0 radical (unpaired) electrons. The van der Waals surface area contributed by atoms with Gasteiger partial charge in [0.1, 0.15) is 0 Å². The van der Waals surface area contributed by atoms with Crippen molar-refractivity contribution in [2.24, 2.45) is 0 Å². The summed E-state index contributed by atoms with van der Waals surface area (Å²) >= 11 is 0. The minimum absolute atomic E-state index is 0.352. The summed E-state index contributed by atoms with van der Waals surface area (Å²) in [4.78, 5) is 10.5. The normalized spacial score (nSPS) is 10.5. The van der Waals surface area contributed by atoms with Gasteiger partial charge in [0.05, 0.1) is 0 Å². The Balaban J connectivity index is 2.37. The number of nitrogen functional groups attached to an aromatic ring is 1. The summed E-state index contributed by atoms with van der Waals surface area (Å²) in [5.74, 6) is 1.67. The lowest BCUT2D eigenvalue weighted by Crippen LogP contribution is -2.23. The minimum Gasteiger partial charge on any atom is -0.368 e. The lowest BCUT2D eigenvalue weighted by atomic mass is 10.5. The number of pyridine rings is 1. The third-order valence-corrected chi connectivity index (χ3v) is 2.53. The van der Waals surface area contributed by atoms with E-state index >= 15 is 0 Å². The van der Waals surface area contributed by atoms with Crippen molar-refractivity contribution >= 4 is 11.9 Å². The van der Waals surface area contributed by atoms with Crippen molar-refractivity contribution in [3.8, 4) is 5.82 Å². The fourth-order valence-corrected chi connectivity index (χ4v) is 1.60. The largest absolute Gasteiger partial charge is 0.368 e. The van der Waals surface area contributed by atoms with E-state index in [1.165, 1.54) is 0 Å². The van der Waals surface area contributed by atoms with E-state index in [-0.39, 0.29) is 0 Å². The zero-order chi connectivity index (χ0) is 12.3. The molecule has 0 aromatic carbocycles. The summed E-state index contributed by atoms with van der Waals surface area (Å²) in [7, 11) is 0. The van der Waals surface area contributed by atoms with Gasteiger partial charge >= 0.3 is 0 Å². The van der Waals surface area contributed by atoms with Crippen molar-refractivity contribution < 1.29 is 0 Å². The van der Waals surface area contributed by atoms with Crippen LogP contribution in [0.2, 0.25) is 0 Å². The Morgan fingerprint density at radius 2 is 2.06 bits per heavy atom. The monoisotopic (exact) mass is 232 g/mol. The molecule has 0 aliphatic rings. The topological polar surface area (TPSA) is 72.9 Å². The van der Waals surface area contributed by atoms with Crippen LogP contribution in [0.5, 0.6) is 0 Å². The summed E-state index contributed by atoms with van der Waals surface area (Å²) in [6.07, 6.45) is 1.70. The molecule has 2 aromatic rings. The number of nitrogens with zero attached hydrogens (tertiary/aromatic N) is 5. The summed E-state index contributed by atoms with van der Waals surface area (Å²) in [6.45, 7) is 5.81. The lowest BCUT2D eigenvalue weighted by Gasteiger charge is -2.15. The smallest absolute Gasteiger partial charge is 0.247 e. The summed E-state index contributed by atoms with van der Waals surface area (Å²) < 4.78 is 1.55. The van der Waals surface area contributed by atoms with Crippen molar-refractivity contribution in [1.82, 2.24) is 19.7 Å². The van der Waals surface area contributed by atoms with Gasteiger partial charge < -0.3 is 10.6 Å². The molecule has 2 rings (SSSR count). The molecule has 0 amide bonds. The molecule has 0 unspecified atom stereocenters. The number of hydrogen-bond donors (Lipinski definition) is 1. The Hall–Kier alpha value is -2.11. The Bertz CT molecular complexity index is 474. The van der Waals surface area contributed by atoms with Gasteiger partial charge in [-0.05, 0) is 26.0 Å². The van der Waals surface area contributed by atoms with Gasteiger partial charge in [0.2, 0.25) is 11.9 Å². The molecule has 0 aliphatic heterocycles. The highest BCUT2D eigenvalue weighted by atomic mass is 15.5. The van der Waals surface area contributed by atoms with Crippen LogP contribution in [0.25, 0.3) is 5.82 Å². The first kappa shape index (κ1) is 11.4. The molecule has 2 heterocycles. The summed E-state index contributed by atoms with van der Waals surface area (Å²) in [5, 5.41) is 4.37. The molecule has 0 atom stereocenters. The maximum Gasteiger partial charge on any atom is 0.247 e. The van der Waals surface area contributed by atoms with E-state index in [4.69, 9.17) is 5.73 Å². The van der Waals surface area contributed by atoms with E-state index in [0.29, 0.717) is 17.7 Å². The van der Waals surface area contributed by atoms with Crippen molar-refractivity contribution in [3.05, 3.63) is 24.4 Å². The highest BCUT2D eigenvalue weighted by Crippen LogP contribution is 2.14. The first-order valence-electron chi connectivity index (χ1n) is 5.65. The van der Waals surface area contributed by atoms with Gasteiger partial charge in [0.25, 0.3) is 0 Å². The molecule has 2 aromatic heterocycles. The molecule has 17 heavy (non-hydrogen) atoms. The highest BCUT2D eigenvalue weighted by Gasteiger charge is 2.13. The molecule has 6 heteroatoms. The number of hydrogen-bond acceptors (Lipinski definition) is 5. The average Bonchev–Trinajstić information content (AvgIpc) is 2.74. The van der Waals surface area contributed by atoms with Crippen LogP contribution >= 0.6 is 0 Å². The molecular formula is C11H16N6. The van der Waals surface area contributed by atoms with Crippen molar-refractivity contribution in [2.45, 2.75) is 13.8 Å². The Morgan fingerprint density at radius 1 is 1.29 bits per heavy atom. The summed E-state index contributed by atoms with van der Waals surface area (Å²) in [6, 6.07) is 5.58. The number of rotatable bonds is 4. The SMILES string of the molecule is CCN(CC)c1nc(N)n(-c2ccccn2)n1. The zero-order valence-electron chi connectivity index (χ0n) is 10.0. The standard InChI is InChI=1S/C11H16N6/c1-3-16(4-2)11-14-10(12)17(15-11)9-7-5-6-8-13-9/h5-8H,3-4H2,1-2H3,(H2,12,14,15). The van der Waals surface area contributed by atoms with E-state index in [9.17, 15) is 0 Å². The van der Waals surface area contributed by atoms with Crippen LogP contribution in [0.4, 0.5) is 11.9 Å². The molecule has 0 saturated carbocycles. The zero-order valence-corrected chi connectivity index (χ0v) is 10.0. The van der Waals surface area contributed by atoms with E-state index in [1.807, 2.05) is 23.1 Å². The van der Waals surface area contributed by atoms with Crippen LogP contribution in [0.3, 0.4) is 0 Å². The van der Waals surface area contributed by atoms with Gasteiger partial charge in [-0.15, -0.1) is 5.10 Å². The first-order chi connectivity index (χ1) is 8.26. The molecule has 0 saturated heterocycles. The van der Waals surface area contributed by atoms with Crippen molar-refractivity contribution in [3.63, 3.8) is 0 Å². The van der Waals surface area contributed by atoms with E-state index in [0.717, 1.165) is 13.1 Å². The van der Waals surface area contributed by atoms with Crippen molar-refractivity contribution in [1.29, 1.82) is 0 Å². The van der Waals surface area contributed by atoms with Crippen LogP contribution in [0.1, 0.15) is 13.8 Å². The van der Waals surface area contributed by atoms with Crippen LogP contribution in [-0.4, -0.2) is 32.8 Å². The molecule has 0 aliphatic carbocycles. The Labute approximate surface area is 100 Å². The van der Waals surface area contributed by atoms with Crippen LogP contribution in [-0.2, 0) is 0 Å². The molecule has 6 nitrogen and oxygen atoms in total. The second kappa shape index (κ2) is 4.82. The Kier molecular flexibility index (Phi) is 3.22. The van der Waals surface area contributed by atoms with E-state index in [1.54, 1.807) is 10.9 Å². The second-order valence-electron chi connectivity index (χ2n) is 3.54. The maximum atomic E-state index is 5.84. The van der Waals surface area contributed by atoms with Gasteiger partial charge in [-0.1, -0.05) is 6.07 Å². The van der Waals surface area contributed by atoms with E-state index < -0.39 is 0 Å². The molecular weight excluding hydrogens is 216 g/mol. The first-order valence-corrected chi connectivity index (χ1v) is 5.65. The third-order valence-electron chi connectivity index (χ3n) is 2.53. The third kappa shape index (κ3) is 2.20. The molecule has 2 N–H and O–H groups in total. The minimum atomic E-state index is 0.352. The van der Waals surface area contributed by atoms with Crippen molar-refractivity contribution in [2.75, 3.05) is 23.7 Å². The predicted octanol–water partition coefficient (Wildman–Crippen LogP) is 1.09. The molecule has 0 bridgehead atoms. The lowest BCUT2D eigenvalue weighted by molar-refractivity contribution is 0.794. The fraction of sp³-hybridized carbons (Fsp3) is 0.364. The van der Waals surface area contributed by atoms with Gasteiger partial charge in [0.15, 0.2) is 5.82 Å². The van der Waals surface area contributed by atoms with Crippen LogP contribution < -0.4 is 10.6 Å². The van der Waals surface area contributed by atoms with Gasteiger partial charge in [0, 0.05) is 19.3 Å². The van der Waals surface area contributed by atoms with E-state index in [2.05, 4.69) is 28.9 Å². The summed E-state index contributed by atoms with van der Waals surface area (Å²) in [5.41, 5.74) is 5.84. The molecule has 90 valence electrons. The average molecular weight is 232 g/mol. The van der Waals surface area contributed by atoms with Gasteiger partial charge in [-0.2, -0.15) is 9.67 Å². The Morgan fingerprint density at radius 3 is 2.65 bits per heavy atom. The number of anilines is 2. The molecule has 0 fully saturated rings. The van der Waals surface area contributed by atoms with Gasteiger partial charge in [-0.25, -0.2) is 4.98 Å². The second-order valence-corrected chi connectivity index (χ2v) is 3.54. The number of aromatic nitrogens is 4. The van der Waals surface area contributed by atoms with Crippen LogP contribution in [0.15, 0.2) is 24.4 Å². The fourth-order valence-electron chi connectivity index (χ4n) is 1.60. The highest BCUT2D eigenvalue weighted by molar-refractivity contribution is 5.39. The van der Waals surface area contributed by atoms with Gasteiger partial charge in [-0.3, -0.25) is 0 Å². The quantitative estimate of drug-likeness (QED) is 0.854.